The maximum atomic E-state index is 12.1. The van der Waals surface area contributed by atoms with Crippen LogP contribution in [0.25, 0.3) is 0 Å². The average molecular weight is 223 g/mol. The summed E-state index contributed by atoms with van der Waals surface area (Å²) in [5.41, 5.74) is 0. The van der Waals surface area contributed by atoms with Crippen LogP contribution in [-0.2, 0) is 13.6 Å². The van der Waals surface area contributed by atoms with Crippen molar-refractivity contribution in [2.45, 2.75) is 32.2 Å². The summed E-state index contributed by atoms with van der Waals surface area (Å²) in [4.78, 5) is 0. The third-order valence-electron chi connectivity index (χ3n) is 2.08. The van der Waals surface area contributed by atoms with Crippen molar-refractivity contribution in [3.8, 4) is 0 Å². The van der Waals surface area contributed by atoms with Gasteiger partial charge in [0.25, 0.3) is 0 Å². The van der Waals surface area contributed by atoms with E-state index in [1.807, 2.05) is 0 Å². The maximum Gasteiger partial charge on any atom is 0.347 e. The summed E-state index contributed by atoms with van der Waals surface area (Å²) in [6.45, 7) is 4.71. The lowest BCUT2D eigenvalue weighted by Crippen LogP contribution is -2.24. The van der Waals surface area contributed by atoms with Crippen LogP contribution in [0.4, 0.5) is 0 Å². The van der Waals surface area contributed by atoms with E-state index >= 15 is 0 Å². The lowest BCUT2D eigenvalue weighted by Gasteiger charge is -2.22. The minimum atomic E-state index is -3.08. The fourth-order valence-corrected chi connectivity index (χ4v) is 3.50. The molecule has 0 spiro atoms. The van der Waals surface area contributed by atoms with Gasteiger partial charge in [-0.25, -0.2) is 0 Å². The van der Waals surface area contributed by atoms with Crippen molar-refractivity contribution in [3.63, 3.8) is 0 Å². The summed E-state index contributed by atoms with van der Waals surface area (Å²) < 4.78 is 22.5. The van der Waals surface area contributed by atoms with Gasteiger partial charge in [0.2, 0.25) is 0 Å². The van der Waals surface area contributed by atoms with Crippen molar-refractivity contribution in [2.75, 3.05) is 19.8 Å². The number of hydrogen-bond acceptors (Lipinski definition) is 5. The van der Waals surface area contributed by atoms with Crippen molar-refractivity contribution in [3.05, 3.63) is 0 Å². The van der Waals surface area contributed by atoms with E-state index in [2.05, 4.69) is 5.32 Å². The van der Waals surface area contributed by atoms with Gasteiger partial charge >= 0.3 is 7.60 Å². The Bertz CT molecular complexity index is 213. The van der Waals surface area contributed by atoms with Crippen LogP contribution in [0.2, 0.25) is 0 Å². The molecule has 84 valence electrons. The SMILES string of the molecule is CCOP(=O)(OCC)[C@@H]1C[C@@H](O)CN1. The zero-order valence-corrected chi connectivity index (χ0v) is 9.50. The normalized spacial score (nSPS) is 28.2. The lowest BCUT2D eigenvalue weighted by atomic mass is 10.3. The smallest absolute Gasteiger partial charge is 0.347 e. The number of aliphatic hydroxyl groups is 1. The van der Waals surface area contributed by atoms with E-state index in [9.17, 15) is 9.67 Å². The Balaban J connectivity index is 2.62. The molecule has 0 aromatic heterocycles. The quantitative estimate of drug-likeness (QED) is 0.679. The van der Waals surface area contributed by atoms with Crippen LogP contribution in [0.5, 0.6) is 0 Å². The summed E-state index contributed by atoms with van der Waals surface area (Å²) in [6.07, 6.45) is -0.0219. The second kappa shape index (κ2) is 5.24. The molecule has 2 N–H and O–H groups in total. The molecular formula is C8H18NO4P. The molecule has 2 atom stereocenters. The monoisotopic (exact) mass is 223 g/mol. The molecule has 0 aromatic carbocycles. The standard InChI is InChI=1S/C8H18NO4P/c1-3-12-14(11,13-4-2)8-5-7(10)6-9-8/h7-10H,3-6H2,1-2H3/t7-,8-/m1/s1. The summed E-state index contributed by atoms with van der Waals surface area (Å²) in [5, 5.41) is 12.3. The number of nitrogens with one attached hydrogen (secondary N) is 1. The molecule has 6 heteroatoms. The molecule has 0 bridgehead atoms. The Morgan fingerprint density at radius 3 is 2.36 bits per heavy atom. The first-order chi connectivity index (χ1) is 6.62. The van der Waals surface area contributed by atoms with Gasteiger partial charge in [0.15, 0.2) is 0 Å². The van der Waals surface area contributed by atoms with Gasteiger partial charge < -0.3 is 19.5 Å². The van der Waals surface area contributed by atoms with E-state index in [1.165, 1.54) is 0 Å². The topological polar surface area (TPSA) is 67.8 Å². The number of aliphatic hydroxyl groups excluding tert-OH is 1. The summed E-state index contributed by atoms with van der Waals surface area (Å²) in [7, 11) is -3.08. The predicted octanol–water partition coefficient (Wildman–Crippen LogP) is 0.933. The van der Waals surface area contributed by atoms with Crippen molar-refractivity contribution in [1.82, 2.24) is 5.32 Å². The molecule has 0 aliphatic carbocycles. The van der Waals surface area contributed by atoms with Crippen LogP contribution in [0.3, 0.4) is 0 Å². The Morgan fingerprint density at radius 2 is 2.00 bits per heavy atom. The van der Waals surface area contributed by atoms with Crippen LogP contribution in [0, 0.1) is 0 Å². The minimum Gasteiger partial charge on any atom is -0.392 e. The molecule has 1 fully saturated rings. The molecule has 1 aliphatic rings. The van der Waals surface area contributed by atoms with E-state index < -0.39 is 13.7 Å². The van der Waals surface area contributed by atoms with Crippen LogP contribution in [0.15, 0.2) is 0 Å². The highest BCUT2D eigenvalue weighted by Crippen LogP contribution is 2.54. The molecule has 1 aliphatic heterocycles. The molecule has 0 aromatic rings. The first-order valence-electron chi connectivity index (χ1n) is 4.92. The first kappa shape index (κ1) is 12.1. The molecule has 1 rings (SSSR count). The van der Waals surface area contributed by atoms with Crippen LogP contribution in [-0.4, -0.2) is 36.8 Å². The van der Waals surface area contributed by atoms with Crippen molar-refractivity contribution in [1.29, 1.82) is 0 Å². The van der Waals surface area contributed by atoms with Crippen LogP contribution >= 0.6 is 7.60 Å². The predicted molar refractivity (Wildman–Crippen MR) is 53.3 cm³/mol. The third-order valence-corrected chi connectivity index (χ3v) is 4.48. The molecule has 0 amide bonds. The average Bonchev–Trinajstić information content (AvgIpc) is 2.53. The molecular weight excluding hydrogens is 205 g/mol. The fourth-order valence-electron chi connectivity index (χ4n) is 1.51. The highest BCUT2D eigenvalue weighted by molar-refractivity contribution is 7.54. The van der Waals surface area contributed by atoms with E-state index in [0.717, 1.165) is 0 Å². The highest BCUT2D eigenvalue weighted by Gasteiger charge is 2.40. The molecule has 0 saturated carbocycles. The Kier molecular flexibility index (Phi) is 4.54. The van der Waals surface area contributed by atoms with Crippen molar-refractivity contribution >= 4 is 7.60 Å². The van der Waals surface area contributed by atoms with E-state index in [4.69, 9.17) is 9.05 Å². The lowest BCUT2D eigenvalue weighted by molar-refractivity contribution is 0.186. The maximum absolute atomic E-state index is 12.1. The second-order valence-corrected chi connectivity index (χ2v) is 5.41. The van der Waals surface area contributed by atoms with Crippen LogP contribution < -0.4 is 5.32 Å². The van der Waals surface area contributed by atoms with Gasteiger partial charge in [0.05, 0.1) is 19.3 Å². The molecule has 0 unspecified atom stereocenters. The number of rotatable bonds is 5. The van der Waals surface area contributed by atoms with Gasteiger partial charge in [-0.05, 0) is 13.8 Å². The minimum absolute atomic E-state index is 0.353. The molecule has 14 heavy (non-hydrogen) atoms. The van der Waals surface area contributed by atoms with Gasteiger partial charge in [-0.2, -0.15) is 0 Å². The number of β-amino-alcohol motifs (C(OH)–C–C–N with tert-alkyl or cyclic N) is 1. The van der Waals surface area contributed by atoms with Gasteiger partial charge in [0, 0.05) is 13.0 Å². The van der Waals surface area contributed by atoms with E-state index in [1.54, 1.807) is 13.8 Å². The Morgan fingerprint density at radius 1 is 1.43 bits per heavy atom. The van der Waals surface area contributed by atoms with Crippen molar-refractivity contribution < 1.29 is 18.7 Å². The Hall–Kier alpha value is 0.0700. The van der Waals surface area contributed by atoms with Gasteiger partial charge in [0.1, 0.15) is 5.78 Å². The number of hydrogen-bond donors (Lipinski definition) is 2. The first-order valence-corrected chi connectivity index (χ1v) is 6.53. The summed E-state index contributed by atoms with van der Waals surface area (Å²) in [6, 6.07) is 0. The zero-order valence-electron chi connectivity index (χ0n) is 8.60. The molecule has 0 radical (unpaired) electrons. The molecule has 1 heterocycles. The van der Waals surface area contributed by atoms with Crippen LogP contribution in [0.1, 0.15) is 20.3 Å². The van der Waals surface area contributed by atoms with Gasteiger partial charge in [-0.3, -0.25) is 4.57 Å². The third kappa shape index (κ3) is 2.78. The van der Waals surface area contributed by atoms with Gasteiger partial charge in [-0.1, -0.05) is 0 Å². The largest absolute Gasteiger partial charge is 0.392 e. The second-order valence-electron chi connectivity index (χ2n) is 3.19. The van der Waals surface area contributed by atoms with Crippen molar-refractivity contribution in [2.24, 2.45) is 0 Å². The zero-order chi connectivity index (χ0) is 10.6. The summed E-state index contributed by atoms with van der Waals surface area (Å²) in [5.74, 6) is -0.364. The van der Waals surface area contributed by atoms with E-state index in [-0.39, 0.29) is 5.78 Å². The Labute approximate surface area is 84.3 Å². The fraction of sp³-hybridized carbons (Fsp3) is 1.00. The summed E-state index contributed by atoms with van der Waals surface area (Å²) >= 11 is 0. The van der Waals surface area contributed by atoms with Gasteiger partial charge in [-0.15, -0.1) is 0 Å². The highest BCUT2D eigenvalue weighted by atomic mass is 31.2. The van der Waals surface area contributed by atoms with E-state index in [0.29, 0.717) is 26.2 Å². The molecule has 5 nitrogen and oxygen atoms in total. The molecule has 1 saturated heterocycles.